The lowest BCUT2D eigenvalue weighted by molar-refractivity contribution is -0.870. The average Bonchev–Trinajstić information content (AvgIpc) is 3.15. The molecule has 2 N–H and O–H groups in total. The molecule has 0 rings (SSSR count). The summed E-state index contributed by atoms with van der Waals surface area (Å²) in [6.45, 7) is 4.08. The molecule has 3 atom stereocenters. The van der Waals surface area contributed by atoms with Crippen molar-refractivity contribution in [2.75, 3.05) is 47.5 Å². The molecule has 10 nitrogen and oxygen atoms in total. The van der Waals surface area contributed by atoms with Crippen molar-refractivity contribution in [2.45, 2.75) is 148 Å². The van der Waals surface area contributed by atoms with Gasteiger partial charge in [-0.3, -0.25) is 18.6 Å². The fourth-order valence-corrected chi connectivity index (χ4v) is 5.86. The summed E-state index contributed by atoms with van der Waals surface area (Å²) < 4.78 is 34.1. The van der Waals surface area contributed by atoms with Gasteiger partial charge in [0.1, 0.15) is 19.8 Å². The number of phosphoric acid groups is 1. The standard InChI is InChI=1S/C46H78NO9P/c1-6-8-10-12-14-15-16-17-18-23-26-30-34-38-46(50)56-44(42-55-57(51,52)54-40-39-47(3,4)5)41-53-45(49)37-33-29-25-22-20-19-21-24-28-32-36-43(48)35-31-27-13-11-9-7-2/h9,11,15-16,19-20,24-25,27-29,31-32,36,43-44,48H,6-8,10,12-14,17-18,21-23,26,30,33-35,37-42H2,1-5H3/p+1/b11-9-,16-15-,20-19-,28-24-,29-25-,31-27-,36-32+/t43?,44-/m1/s1. The minimum atomic E-state index is -4.41. The van der Waals surface area contributed by atoms with Crippen LogP contribution in [0.3, 0.4) is 0 Å². The van der Waals surface area contributed by atoms with Crippen molar-refractivity contribution in [1.82, 2.24) is 0 Å². The Balaban J connectivity index is 4.58. The van der Waals surface area contributed by atoms with Crippen LogP contribution in [0.5, 0.6) is 0 Å². The first-order chi connectivity index (χ1) is 27.4. The van der Waals surface area contributed by atoms with Crippen LogP contribution in [-0.4, -0.2) is 86.1 Å². The van der Waals surface area contributed by atoms with E-state index >= 15 is 0 Å². The number of carbonyl (C=O) groups is 2. The van der Waals surface area contributed by atoms with E-state index in [9.17, 15) is 24.2 Å². The number of hydrogen-bond donors (Lipinski definition) is 2. The van der Waals surface area contributed by atoms with Crippen molar-refractivity contribution < 1.29 is 47.2 Å². The van der Waals surface area contributed by atoms with Crippen LogP contribution in [0.4, 0.5) is 0 Å². The number of aliphatic hydroxyl groups is 1. The lowest BCUT2D eigenvalue weighted by Gasteiger charge is -2.24. The molecule has 0 bridgehead atoms. The van der Waals surface area contributed by atoms with Crippen LogP contribution in [0.25, 0.3) is 0 Å². The summed E-state index contributed by atoms with van der Waals surface area (Å²) in [7, 11) is 1.39. The maximum absolute atomic E-state index is 12.7. The molecule has 2 unspecified atom stereocenters. The predicted octanol–water partition coefficient (Wildman–Crippen LogP) is 11.0. The van der Waals surface area contributed by atoms with E-state index in [0.29, 0.717) is 30.3 Å². The Morgan fingerprint density at radius 3 is 1.93 bits per heavy atom. The summed E-state index contributed by atoms with van der Waals surface area (Å²) in [6.07, 6.45) is 43.9. The van der Waals surface area contributed by atoms with E-state index in [1.807, 2.05) is 69.8 Å². The number of hydrogen-bond acceptors (Lipinski definition) is 8. The van der Waals surface area contributed by atoms with Crippen molar-refractivity contribution in [1.29, 1.82) is 0 Å². The van der Waals surface area contributed by atoms with E-state index in [-0.39, 0.29) is 26.1 Å². The molecule has 0 aromatic heterocycles. The normalized spacial score (nSPS) is 15.0. The van der Waals surface area contributed by atoms with Crippen LogP contribution in [0.1, 0.15) is 136 Å². The fraction of sp³-hybridized carbons (Fsp3) is 0.652. The molecule has 0 heterocycles. The Kier molecular flexibility index (Phi) is 35.6. The number of nitrogens with zero attached hydrogens (tertiary/aromatic N) is 1. The highest BCUT2D eigenvalue weighted by molar-refractivity contribution is 7.47. The number of esters is 2. The molecule has 0 fully saturated rings. The number of aliphatic hydroxyl groups excluding tert-OH is 1. The number of ether oxygens (including phenoxy) is 2. The van der Waals surface area contributed by atoms with Gasteiger partial charge in [-0.05, 0) is 70.6 Å². The Hall–Kier alpha value is -2.85. The van der Waals surface area contributed by atoms with E-state index in [4.69, 9.17) is 18.5 Å². The Labute approximate surface area is 346 Å². The van der Waals surface area contributed by atoms with Crippen molar-refractivity contribution >= 4 is 19.8 Å². The molecule has 11 heteroatoms. The van der Waals surface area contributed by atoms with Gasteiger partial charge in [0, 0.05) is 12.8 Å². The third-order valence-corrected chi connectivity index (χ3v) is 9.49. The average molecular weight is 821 g/mol. The van der Waals surface area contributed by atoms with E-state index in [2.05, 4.69) is 44.2 Å². The van der Waals surface area contributed by atoms with E-state index in [1.54, 1.807) is 6.08 Å². The van der Waals surface area contributed by atoms with Crippen molar-refractivity contribution in [3.63, 3.8) is 0 Å². The molecule has 0 aliphatic rings. The van der Waals surface area contributed by atoms with Crippen LogP contribution in [0.15, 0.2) is 85.1 Å². The van der Waals surface area contributed by atoms with Gasteiger partial charge in [0.2, 0.25) is 0 Å². The van der Waals surface area contributed by atoms with Crippen LogP contribution < -0.4 is 0 Å². The molecule has 57 heavy (non-hydrogen) atoms. The van der Waals surface area contributed by atoms with Gasteiger partial charge < -0.3 is 24.0 Å². The fourth-order valence-electron chi connectivity index (χ4n) is 5.12. The van der Waals surface area contributed by atoms with E-state index in [0.717, 1.165) is 64.2 Å². The number of carbonyl (C=O) groups excluding carboxylic acids is 2. The highest BCUT2D eigenvalue weighted by Crippen LogP contribution is 2.43. The van der Waals surface area contributed by atoms with Gasteiger partial charge >= 0.3 is 19.8 Å². The van der Waals surface area contributed by atoms with E-state index < -0.39 is 38.6 Å². The number of allylic oxidation sites excluding steroid dienone is 12. The van der Waals surface area contributed by atoms with Crippen LogP contribution in [0, 0.1) is 0 Å². The van der Waals surface area contributed by atoms with Gasteiger partial charge in [-0.25, -0.2) is 4.57 Å². The summed E-state index contributed by atoms with van der Waals surface area (Å²) in [6, 6.07) is 0. The molecular weight excluding hydrogens is 741 g/mol. The van der Waals surface area contributed by atoms with Crippen molar-refractivity contribution in [2.24, 2.45) is 0 Å². The molecule has 0 radical (unpaired) electrons. The minimum absolute atomic E-state index is 0.00615. The minimum Gasteiger partial charge on any atom is -0.462 e. The van der Waals surface area contributed by atoms with Gasteiger partial charge in [0.05, 0.1) is 33.9 Å². The van der Waals surface area contributed by atoms with Gasteiger partial charge in [0.15, 0.2) is 6.10 Å². The SMILES string of the molecule is CC/C=C\C/C=C\CC(O)/C=C/C=C\C/C=C\C/C=C\CCC(=O)OC[C@H](COP(=O)(O)OCC[N+](C)(C)C)OC(=O)CCCCCCC/C=C\CCCCCC. The van der Waals surface area contributed by atoms with E-state index in [1.165, 1.54) is 25.7 Å². The molecule has 0 saturated carbocycles. The number of quaternary nitrogens is 1. The molecule has 0 spiro atoms. The van der Waals surface area contributed by atoms with Crippen LogP contribution >= 0.6 is 7.82 Å². The topological polar surface area (TPSA) is 129 Å². The molecule has 0 saturated heterocycles. The first-order valence-electron chi connectivity index (χ1n) is 21.4. The molecule has 0 amide bonds. The van der Waals surface area contributed by atoms with Gasteiger partial charge in [-0.1, -0.05) is 137 Å². The van der Waals surface area contributed by atoms with Crippen LogP contribution in [-0.2, 0) is 32.7 Å². The second kappa shape index (κ2) is 37.4. The predicted molar refractivity (Wildman–Crippen MR) is 235 cm³/mol. The molecule has 0 aromatic rings. The van der Waals surface area contributed by atoms with Gasteiger partial charge in [0.25, 0.3) is 0 Å². The monoisotopic (exact) mass is 821 g/mol. The molecule has 0 aliphatic carbocycles. The highest BCUT2D eigenvalue weighted by atomic mass is 31.2. The first-order valence-corrected chi connectivity index (χ1v) is 22.9. The van der Waals surface area contributed by atoms with Gasteiger partial charge in [-0.2, -0.15) is 0 Å². The Morgan fingerprint density at radius 1 is 0.649 bits per heavy atom. The third kappa shape index (κ3) is 41.1. The summed E-state index contributed by atoms with van der Waals surface area (Å²) >= 11 is 0. The molecule has 0 aliphatic heterocycles. The van der Waals surface area contributed by atoms with Crippen molar-refractivity contribution in [3.05, 3.63) is 85.1 Å². The summed E-state index contributed by atoms with van der Waals surface area (Å²) in [5.41, 5.74) is 0. The smallest absolute Gasteiger partial charge is 0.462 e. The lowest BCUT2D eigenvalue weighted by Crippen LogP contribution is -2.37. The lowest BCUT2D eigenvalue weighted by atomic mass is 10.1. The second-order valence-electron chi connectivity index (χ2n) is 15.2. The largest absolute Gasteiger partial charge is 0.472 e. The maximum atomic E-state index is 12.7. The van der Waals surface area contributed by atoms with Crippen molar-refractivity contribution in [3.8, 4) is 0 Å². The zero-order valence-corrected chi connectivity index (χ0v) is 37.0. The first kappa shape index (κ1) is 54.2. The number of phosphoric ester groups is 1. The Bertz CT molecular complexity index is 1260. The number of rotatable bonds is 37. The van der Waals surface area contributed by atoms with Gasteiger partial charge in [-0.15, -0.1) is 0 Å². The number of likely N-dealkylation sites (N-methyl/N-ethyl adjacent to an activating group) is 1. The molecule has 326 valence electrons. The summed E-state index contributed by atoms with van der Waals surface area (Å²) in [5, 5.41) is 10.0. The Morgan fingerprint density at radius 2 is 1.25 bits per heavy atom. The zero-order chi connectivity index (χ0) is 42.3. The summed E-state index contributed by atoms with van der Waals surface area (Å²) in [4.78, 5) is 35.3. The number of unbranched alkanes of at least 4 members (excludes halogenated alkanes) is 9. The zero-order valence-electron chi connectivity index (χ0n) is 36.1. The second-order valence-corrected chi connectivity index (χ2v) is 16.6. The maximum Gasteiger partial charge on any atom is 0.472 e. The molecular formula is C46H79NO9P+. The molecule has 0 aromatic carbocycles. The summed E-state index contributed by atoms with van der Waals surface area (Å²) in [5.74, 6) is -0.946. The van der Waals surface area contributed by atoms with Crippen LogP contribution in [0.2, 0.25) is 0 Å². The highest BCUT2D eigenvalue weighted by Gasteiger charge is 2.27. The quantitative estimate of drug-likeness (QED) is 0.0157. The third-order valence-electron chi connectivity index (χ3n) is 8.50.